The molecule has 0 saturated carbocycles. The van der Waals surface area contributed by atoms with Crippen molar-refractivity contribution in [1.29, 1.82) is 0 Å². The highest BCUT2D eigenvalue weighted by Crippen LogP contribution is 2.32. The number of hydrogen-bond acceptors (Lipinski definition) is 1. The van der Waals surface area contributed by atoms with E-state index in [2.05, 4.69) is 0 Å². The summed E-state index contributed by atoms with van der Waals surface area (Å²) in [4.78, 5) is 0. The van der Waals surface area contributed by atoms with Gasteiger partial charge in [0.15, 0.2) is 0 Å². The second kappa shape index (κ2) is 6.36. The maximum Gasteiger partial charge on any atom is 0.416 e. The number of halogens is 6. The molecule has 1 aromatic carbocycles. The average molecular weight is 260 g/mol. The summed E-state index contributed by atoms with van der Waals surface area (Å²) >= 11 is 0. The van der Waals surface area contributed by atoms with Crippen molar-refractivity contribution in [2.75, 3.05) is 7.11 Å². The van der Waals surface area contributed by atoms with Crippen LogP contribution in [0.4, 0.5) is 26.3 Å². The van der Waals surface area contributed by atoms with E-state index in [9.17, 15) is 26.3 Å². The van der Waals surface area contributed by atoms with Crippen molar-refractivity contribution in [2.24, 2.45) is 0 Å². The van der Waals surface area contributed by atoms with Crippen molar-refractivity contribution in [2.45, 2.75) is 19.8 Å². The third-order valence-electron chi connectivity index (χ3n) is 1.61. The Morgan fingerprint density at radius 2 is 1.53 bits per heavy atom. The first-order valence-corrected chi connectivity index (χ1v) is 4.32. The molecule has 0 unspecified atom stereocenters. The molecule has 0 radical (unpaired) electrons. The van der Waals surface area contributed by atoms with Crippen LogP contribution >= 0.6 is 0 Å². The maximum absolute atomic E-state index is 12.2. The van der Waals surface area contributed by atoms with Crippen LogP contribution < -0.4 is 4.74 Å². The summed E-state index contributed by atoms with van der Waals surface area (Å²) in [6.07, 6.45) is -4.31. The number of rotatable bonds is 1. The lowest BCUT2D eigenvalue weighted by Crippen LogP contribution is -2.05. The molecule has 0 aliphatic rings. The van der Waals surface area contributed by atoms with Crippen molar-refractivity contribution in [1.82, 2.24) is 0 Å². The molecule has 0 N–H and O–H groups in total. The number of alkyl halides is 6. The minimum atomic E-state index is -4.31. The fraction of sp³-hybridized carbons (Fsp3) is 0.400. The molecule has 1 rings (SSSR count). The molecule has 7 heteroatoms. The molecule has 1 aromatic rings. The first kappa shape index (κ1) is 15.6. The summed E-state index contributed by atoms with van der Waals surface area (Å²) in [7, 11) is 1.34. The van der Waals surface area contributed by atoms with E-state index in [1.807, 2.05) is 0 Å². The van der Waals surface area contributed by atoms with Gasteiger partial charge >= 0.3 is 12.9 Å². The van der Waals surface area contributed by atoms with Crippen molar-refractivity contribution >= 4 is 0 Å². The third kappa shape index (κ3) is 6.70. The number of ether oxygens (including phenoxy) is 1. The molecule has 0 saturated heterocycles. The number of benzene rings is 1. The van der Waals surface area contributed by atoms with Crippen LogP contribution in [-0.2, 0) is 6.18 Å². The Hall–Kier alpha value is -1.40. The number of methoxy groups -OCH3 is 1. The van der Waals surface area contributed by atoms with Crippen molar-refractivity contribution < 1.29 is 31.1 Å². The van der Waals surface area contributed by atoms with Gasteiger partial charge in [-0.05, 0) is 30.7 Å². The van der Waals surface area contributed by atoms with Crippen LogP contribution in [0.1, 0.15) is 11.1 Å². The highest BCUT2D eigenvalue weighted by atomic mass is 19.4. The van der Waals surface area contributed by atoms with Gasteiger partial charge in [0.05, 0.1) is 12.7 Å². The third-order valence-corrected chi connectivity index (χ3v) is 1.61. The Bertz CT molecular complexity index is 344. The molecule has 0 aromatic heterocycles. The summed E-state index contributed by atoms with van der Waals surface area (Å²) in [6.45, 7) is -2.07. The van der Waals surface area contributed by atoms with Crippen LogP contribution in [0.25, 0.3) is 0 Å². The van der Waals surface area contributed by atoms with Gasteiger partial charge in [0.2, 0.25) is 0 Å². The molecule has 0 amide bonds. The minimum absolute atomic E-state index is 0.229. The second-order valence-electron chi connectivity index (χ2n) is 2.98. The largest absolute Gasteiger partial charge is 0.497 e. The normalized spacial score (nSPS) is 10.9. The van der Waals surface area contributed by atoms with Crippen LogP contribution in [0.15, 0.2) is 18.2 Å². The Labute approximate surface area is 94.0 Å². The highest BCUT2D eigenvalue weighted by molar-refractivity contribution is 5.35. The van der Waals surface area contributed by atoms with E-state index < -0.39 is 18.4 Å². The summed E-state index contributed by atoms with van der Waals surface area (Å²) in [5.74, 6) is 0.229. The van der Waals surface area contributed by atoms with E-state index >= 15 is 0 Å². The quantitative estimate of drug-likeness (QED) is 0.687. The van der Waals surface area contributed by atoms with E-state index in [-0.39, 0.29) is 5.75 Å². The zero-order chi connectivity index (χ0) is 13.6. The van der Waals surface area contributed by atoms with E-state index in [0.717, 1.165) is 12.1 Å². The van der Waals surface area contributed by atoms with Gasteiger partial charge in [0.25, 0.3) is 0 Å². The summed E-state index contributed by atoms with van der Waals surface area (Å²) in [5, 5.41) is 0. The molecule has 17 heavy (non-hydrogen) atoms. The van der Waals surface area contributed by atoms with Gasteiger partial charge in [0, 0.05) is 0 Å². The Morgan fingerprint density at radius 3 is 1.88 bits per heavy atom. The van der Waals surface area contributed by atoms with Gasteiger partial charge in [-0.1, -0.05) is 0 Å². The fourth-order valence-electron chi connectivity index (χ4n) is 1.03. The average Bonchev–Trinajstić information content (AvgIpc) is 2.14. The van der Waals surface area contributed by atoms with E-state index in [0.29, 0.717) is 5.56 Å². The maximum atomic E-state index is 12.2. The van der Waals surface area contributed by atoms with Crippen molar-refractivity contribution in [3.8, 4) is 5.75 Å². The van der Waals surface area contributed by atoms with Gasteiger partial charge in [-0.3, -0.25) is 0 Å². The Balaban J connectivity index is 0.000000557. The predicted molar refractivity (Wildman–Crippen MR) is 49.8 cm³/mol. The van der Waals surface area contributed by atoms with Crippen LogP contribution in [0.2, 0.25) is 0 Å². The molecule has 0 fully saturated rings. The zero-order valence-corrected chi connectivity index (χ0v) is 8.99. The van der Waals surface area contributed by atoms with E-state index in [1.54, 1.807) is 13.0 Å². The molecule has 0 aliphatic heterocycles. The van der Waals surface area contributed by atoms with Crippen molar-refractivity contribution in [3.05, 3.63) is 29.3 Å². The highest BCUT2D eigenvalue weighted by Gasteiger charge is 2.30. The summed E-state index contributed by atoms with van der Waals surface area (Å²) in [5.41, 5.74) is -0.143. The van der Waals surface area contributed by atoms with E-state index in [1.165, 1.54) is 7.11 Å². The van der Waals surface area contributed by atoms with Gasteiger partial charge in [-0.25, -0.2) is 0 Å². The smallest absolute Gasteiger partial charge is 0.416 e. The lowest BCUT2D eigenvalue weighted by atomic mass is 10.1. The van der Waals surface area contributed by atoms with Crippen LogP contribution in [0.3, 0.4) is 0 Å². The molecule has 1 nitrogen and oxygen atoms in total. The minimum Gasteiger partial charge on any atom is -0.497 e. The SMILES string of the molecule is COc1cc(C)cc(C(F)(F)F)c1.FC(F)F. The van der Waals surface area contributed by atoms with Gasteiger partial charge in [-0.15, -0.1) is 0 Å². The number of hydrogen-bond donors (Lipinski definition) is 0. The van der Waals surface area contributed by atoms with Crippen LogP contribution in [-0.4, -0.2) is 13.8 Å². The molecule has 98 valence electrons. The summed E-state index contributed by atoms with van der Waals surface area (Å²) < 4.78 is 70.4. The van der Waals surface area contributed by atoms with Gasteiger partial charge < -0.3 is 4.74 Å². The second-order valence-corrected chi connectivity index (χ2v) is 2.98. The van der Waals surface area contributed by atoms with Crippen LogP contribution in [0, 0.1) is 6.92 Å². The molecular weight excluding hydrogens is 250 g/mol. The molecule has 0 aliphatic carbocycles. The molecule has 0 spiro atoms. The zero-order valence-electron chi connectivity index (χ0n) is 8.99. The van der Waals surface area contributed by atoms with E-state index in [4.69, 9.17) is 4.74 Å². The first-order valence-electron chi connectivity index (χ1n) is 4.32. The standard InChI is InChI=1S/C9H9F3O.CHF3/c1-6-3-7(9(10,11)12)5-8(4-6)13-2;2-1(3)4/h3-5H,1-2H3;1H. The Kier molecular flexibility index (Phi) is 5.84. The van der Waals surface area contributed by atoms with Gasteiger partial charge in [0.1, 0.15) is 5.75 Å². The lowest BCUT2D eigenvalue weighted by Gasteiger charge is -2.09. The Morgan fingerprint density at radius 1 is 1.06 bits per heavy atom. The molecule has 0 bridgehead atoms. The lowest BCUT2D eigenvalue weighted by molar-refractivity contribution is -0.137. The van der Waals surface area contributed by atoms with Crippen LogP contribution in [0.5, 0.6) is 5.75 Å². The van der Waals surface area contributed by atoms with Crippen molar-refractivity contribution in [3.63, 3.8) is 0 Å². The molecule has 0 heterocycles. The van der Waals surface area contributed by atoms with Gasteiger partial charge in [-0.2, -0.15) is 26.3 Å². The topological polar surface area (TPSA) is 9.23 Å². The fourth-order valence-corrected chi connectivity index (χ4v) is 1.03. The first-order chi connectivity index (χ1) is 7.66. The predicted octanol–water partition coefficient (Wildman–Crippen LogP) is 4.20. The number of aryl methyl sites for hydroxylation is 1. The molecular formula is C10H10F6O. The summed E-state index contributed by atoms with van der Waals surface area (Å²) in [6, 6.07) is 3.62. The molecule has 0 atom stereocenters. The monoisotopic (exact) mass is 260 g/mol.